The summed E-state index contributed by atoms with van der Waals surface area (Å²) in [7, 11) is 0. The maximum Gasteiger partial charge on any atom is 0.303 e. The van der Waals surface area contributed by atoms with Gasteiger partial charge in [0.25, 0.3) is 0 Å². The molecule has 23 heavy (non-hydrogen) atoms. The predicted molar refractivity (Wildman–Crippen MR) is 81.9 cm³/mol. The molecule has 1 rings (SSSR count). The number of carboxylic acids is 1. The molecular formula is C17H24F2O4. The first kappa shape index (κ1) is 19.5. The van der Waals surface area contributed by atoms with Gasteiger partial charge in [0.05, 0.1) is 6.10 Å². The Bertz CT molecular complexity index is 493. The molecule has 3 N–H and O–H groups in total. The van der Waals surface area contributed by atoms with Crippen LogP contribution in [0.3, 0.4) is 0 Å². The predicted octanol–water partition coefficient (Wildman–Crippen LogP) is 3.56. The number of carbonyl (C=O) groups is 1. The highest BCUT2D eigenvalue weighted by Crippen LogP contribution is 2.22. The molecule has 0 unspecified atom stereocenters. The van der Waals surface area contributed by atoms with E-state index in [0.29, 0.717) is 19.3 Å². The Morgan fingerprint density at radius 3 is 2.17 bits per heavy atom. The number of benzene rings is 1. The van der Waals surface area contributed by atoms with Gasteiger partial charge < -0.3 is 15.3 Å². The normalized spacial score (nSPS) is 13.7. The minimum Gasteiger partial charge on any atom is -0.481 e. The van der Waals surface area contributed by atoms with Crippen molar-refractivity contribution in [2.24, 2.45) is 0 Å². The van der Waals surface area contributed by atoms with Crippen molar-refractivity contribution in [3.05, 3.63) is 35.4 Å². The minimum absolute atomic E-state index is 0.157. The van der Waals surface area contributed by atoms with E-state index in [-0.39, 0.29) is 12.0 Å². The van der Waals surface area contributed by atoms with Crippen LogP contribution in [0.2, 0.25) is 0 Å². The number of hydrogen-bond donors (Lipinski definition) is 3. The van der Waals surface area contributed by atoms with Gasteiger partial charge in [-0.1, -0.05) is 38.2 Å². The van der Waals surface area contributed by atoms with Crippen LogP contribution in [0.15, 0.2) is 18.2 Å². The molecule has 0 saturated heterocycles. The van der Waals surface area contributed by atoms with Gasteiger partial charge in [0, 0.05) is 6.42 Å². The van der Waals surface area contributed by atoms with Gasteiger partial charge in [-0.15, -0.1) is 0 Å². The molecule has 0 amide bonds. The molecule has 0 fully saturated rings. The van der Waals surface area contributed by atoms with Crippen LogP contribution >= 0.6 is 0 Å². The Morgan fingerprint density at radius 2 is 1.57 bits per heavy atom. The molecule has 0 saturated carbocycles. The number of unbranched alkanes of at least 4 members (excludes halogenated alkanes) is 5. The lowest BCUT2D eigenvalue weighted by Gasteiger charge is -2.18. The molecule has 0 aromatic heterocycles. The van der Waals surface area contributed by atoms with Crippen LogP contribution in [-0.2, 0) is 4.79 Å². The van der Waals surface area contributed by atoms with Crippen molar-refractivity contribution < 1.29 is 28.9 Å². The van der Waals surface area contributed by atoms with Gasteiger partial charge in [-0.3, -0.25) is 4.79 Å². The Hall–Kier alpha value is -1.53. The fourth-order valence-corrected chi connectivity index (χ4v) is 2.41. The quantitative estimate of drug-likeness (QED) is 0.542. The lowest BCUT2D eigenvalue weighted by molar-refractivity contribution is -0.137. The van der Waals surface area contributed by atoms with E-state index in [2.05, 4.69) is 0 Å². The fraction of sp³-hybridized carbons (Fsp3) is 0.588. The molecule has 0 aliphatic heterocycles. The smallest absolute Gasteiger partial charge is 0.303 e. The highest BCUT2D eigenvalue weighted by molar-refractivity contribution is 5.66. The molecule has 0 heterocycles. The van der Waals surface area contributed by atoms with Gasteiger partial charge >= 0.3 is 5.97 Å². The number of rotatable bonds is 11. The molecule has 0 aliphatic rings. The molecule has 130 valence electrons. The number of halogens is 2. The van der Waals surface area contributed by atoms with E-state index >= 15 is 0 Å². The first-order chi connectivity index (χ1) is 10.9. The van der Waals surface area contributed by atoms with E-state index in [1.165, 1.54) is 6.07 Å². The van der Waals surface area contributed by atoms with Crippen LogP contribution in [0.4, 0.5) is 8.78 Å². The van der Waals surface area contributed by atoms with Crippen LogP contribution in [0.25, 0.3) is 0 Å². The van der Waals surface area contributed by atoms with Crippen molar-refractivity contribution in [2.75, 3.05) is 0 Å². The Labute approximate surface area is 134 Å². The molecule has 0 aliphatic carbocycles. The number of aliphatic hydroxyl groups is 2. The zero-order chi connectivity index (χ0) is 17.2. The average molecular weight is 330 g/mol. The highest BCUT2D eigenvalue weighted by Gasteiger charge is 2.19. The van der Waals surface area contributed by atoms with Crippen LogP contribution in [0.5, 0.6) is 0 Å². The third-order valence-electron chi connectivity index (χ3n) is 3.79. The number of hydrogen-bond acceptors (Lipinski definition) is 3. The summed E-state index contributed by atoms with van der Waals surface area (Å²) in [5.41, 5.74) is 0.157. The van der Waals surface area contributed by atoms with E-state index < -0.39 is 29.8 Å². The van der Waals surface area contributed by atoms with E-state index in [1.807, 2.05) is 0 Å². The highest BCUT2D eigenvalue weighted by atomic mass is 19.2. The van der Waals surface area contributed by atoms with E-state index in [4.69, 9.17) is 5.11 Å². The standard InChI is InChI=1S/C17H24F2O4/c18-13-10-9-12(11-14(13)19)17(23)15(20)7-5-3-1-2-4-6-8-16(21)22/h9-11,15,17,20,23H,1-8H2,(H,21,22)/t15-,17-/m0/s1. The zero-order valence-electron chi connectivity index (χ0n) is 13.0. The fourth-order valence-electron chi connectivity index (χ4n) is 2.41. The summed E-state index contributed by atoms with van der Waals surface area (Å²) in [6.45, 7) is 0. The molecule has 2 atom stereocenters. The second kappa shape index (κ2) is 10.3. The number of aliphatic hydroxyl groups excluding tert-OH is 2. The average Bonchev–Trinajstić information content (AvgIpc) is 2.51. The van der Waals surface area contributed by atoms with Crippen LogP contribution in [-0.4, -0.2) is 27.4 Å². The van der Waals surface area contributed by atoms with Gasteiger partial charge in [0.15, 0.2) is 11.6 Å². The van der Waals surface area contributed by atoms with E-state index in [1.54, 1.807) is 0 Å². The van der Waals surface area contributed by atoms with Gasteiger partial charge in [-0.2, -0.15) is 0 Å². The van der Waals surface area contributed by atoms with Gasteiger partial charge in [0.2, 0.25) is 0 Å². The maximum atomic E-state index is 13.1. The zero-order valence-corrected chi connectivity index (χ0v) is 13.0. The lowest BCUT2D eigenvalue weighted by atomic mass is 9.99. The molecule has 1 aromatic carbocycles. The molecule has 0 radical (unpaired) electrons. The molecule has 4 nitrogen and oxygen atoms in total. The molecule has 0 bridgehead atoms. The summed E-state index contributed by atoms with van der Waals surface area (Å²) in [5, 5.41) is 28.3. The minimum atomic E-state index is -1.24. The van der Waals surface area contributed by atoms with Crippen molar-refractivity contribution in [1.82, 2.24) is 0 Å². The van der Waals surface area contributed by atoms with Crippen LogP contribution in [0, 0.1) is 11.6 Å². The molecule has 1 aromatic rings. The summed E-state index contributed by atoms with van der Waals surface area (Å²) in [4.78, 5) is 10.3. The Kier molecular flexibility index (Phi) is 8.73. The van der Waals surface area contributed by atoms with Crippen molar-refractivity contribution in [3.8, 4) is 0 Å². The maximum absolute atomic E-state index is 13.1. The van der Waals surface area contributed by atoms with Gasteiger partial charge in [-0.05, 0) is 30.5 Å². The number of carboxylic acid groups (broad SMARTS) is 1. The summed E-state index contributed by atoms with van der Waals surface area (Å²) < 4.78 is 25.9. The summed E-state index contributed by atoms with van der Waals surface area (Å²) in [6, 6.07) is 3.08. The van der Waals surface area contributed by atoms with Crippen molar-refractivity contribution in [3.63, 3.8) is 0 Å². The first-order valence-electron chi connectivity index (χ1n) is 7.94. The molecule has 0 spiro atoms. The van der Waals surface area contributed by atoms with Gasteiger partial charge in [-0.25, -0.2) is 8.78 Å². The summed E-state index contributed by atoms with van der Waals surface area (Å²) in [6.07, 6.45) is 3.30. The van der Waals surface area contributed by atoms with Crippen molar-refractivity contribution in [1.29, 1.82) is 0 Å². The third kappa shape index (κ3) is 7.52. The largest absolute Gasteiger partial charge is 0.481 e. The summed E-state index contributed by atoms with van der Waals surface area (Å²) >= 11 is 0. The van der Waals surface area contributed by atoms with E-state index in [0.717, 1.165) is 37.8 Å². The second-order valence-corrected chi connectivity index (χ2v) is 5.74. The van der Waals surface area contributed by atoms with Crippen molar-refractivity contribution >= 4 is 5.97 Å². The van der Waals surface area contributed by atoms with E-state index in [9.17, 15) is 23.8 Å². The number of aliphatic carboxylic acids is 1. The van der Waals surface area contributed by atoms with Crippen LogP contribution < -0.4 is 0 Å². The Balaban J connectivity index is 2.19. The Morgan fingerprint density at radius 1 is 0.957 bits per heavy atom. The first-order valence-corrected chi connectivity index (χ1v) is 7.94. The SMILES string of the molecule is O=C(O)CCCCCCCC[C@H](O)[C@@H](O)c1ccc(F)c(F)c1. The third-order valence-corrected chi connectivity index (χ3v) is 3.79. The lowest BCUT2D eigenvalue weighted by Crippen LogP contribution is -2.18. The summed E-state index contributed by atoms with van der Waals surface area (Å²) in [5.74, 6) is -2.81. The van der Waals surface area contributed by atoms with Crippen LogP contribution in [0.1, 0.15) is 63.0 Å². The van der Waals surface area contributed by atoms with Crippen molar-refractivity contribution in [2.45, 2.75) is 63.6 Å². The molecule has 6 heteroatoms. The molecular weight excluding hydrogens is 306 g/mol. The second-order valence-electron chi connectivity index (χ2n) is 5.74. The monoisotopic (exact) mass is 330 g/mol. The van der Waals surface area contributed by atoms with Gasteiger partial charge in [0.1, 0.15) is 6.10 Å². The topological polar surface area (TPSA) is 77.8 Å².